The summed E-state index contributed by atoms with van der Waals surface area (Å²) in [5.74, 6) is 0. The smallest absolute Gasteiger partial charge is 0.277 e. The largest absolute Gasteiger partial charge is 0.389 e. The SMILES string of the molecule is CCn1nc(-c2cccs2)cc(C(N)=S)c1=O. The van der Waals surface area contributed by atoms with Gasteiger partial charge in [0.2, 0.25) is 0 Å². The van der Waals surface area contributed by atoms with Crippen LogP contribution in [-0.4, -0.2) is 14.8 Å². The van der Waals surface area contributed by atoms with Crippen molar-refractivity contribution in [2.75, 3.05) is 0 Å². The molecule has 0 aliphatic rings. The van der Waals surface area contributed by atoms with E-state index in [1.54, 1.807) is 17.4 Å². The Bertz CT molecular complexity index is 602. The van der Waals surface area contributed by atoms with Gasteiger partial charge in [-0.25, -0.2) is 4.68 Å². The number of nitrogens with zero attached hydrogens (tertiary/aromatic N) is 2. The van der Waals surface area contributed by atoms with E-state index in [2.05, 4.69) is 5.10 Å². The maximum atomic E-state index is 11.9. The lowest BCUT2D eigenvalue weighted by molar-refractivity contribution is 0.618. The zero-order valence-corrected chi connectivity index (χ0v) is 10.8. The Kier molecular flexibility index (Phi) is 3.35. The summed E-state index contributed by atoms with van der Waals surface area (Å²) in [6.45, 7) is 2.35. The van der Waals surface area contributed by atoms with E-state index in [0.717, 1.165) is 10.6 Å². The third kappa shape index (κ3) is 2.27. The van der Waals surface area contributed by atoms with Crippen molar-refractivity contribution < 1.29 is 0 Å². The molecule has 2 aromatic heterocycles. The minimum absolute atomic E-state index is 0.109. The van der Waals surface area contributed by atoms with Crippen LogP contribution in [0.2, 0.25) is 0 Å². The minimum atomic E-state index is -0.236. The van der Waals surface area contributed by atoms with E-state index in [0.29, 0.717) is 12.1 Å². The van der Waals surface area contributed by atoms with E-state index in [1.807, 2.05) is 24.4 Å². The summed E-state index contributed by atoms with van der Waals surface area (Å²) in [4.78, 5) is 13.0. The average molecular weight is 265 g/mol. The second kappa shape index (κ2) is 4.77. The van der Waals surface area contributed by atoms with Gasteiger partial charge in [-0.1, -0.05) is 18.3 Å². The third-order valence-corrected chi connectivity index (χ3v) is 3.43. The predicted molar refractivity (Wildman–Crippen MR) is 73.4 cm³/mol. The number of nitrogens with two attached hydrogens (primary N) is 1. The number of hydrogen-bond donors (Lipinski definition) is 1. The van der Waals surface area contributed by atoms with E-state index in [1.165, 1.54) is 4.68 Å². The maximum Gasteiger partial charge on any atom is 0.277 e. The summed E-state index contributed by atoms with van der Waals surface area (Å²) >= 11 is 6.45. The number of rotatable bonds is 3. The minimum Gasteiger partial charge on any atom is -0.389 e. The normalized spacial score (nSPS) is 10.4. The molecular weight excluding hydrogens is 254 g/mol. The van der Waals surface area contributed by atoms with Crippen molar-refractivity contribution in [3.05, 3.63) is 39.5 Å². The zero-order valence-electron chi connectivity index (χ0n) is 9.21. The van der Waals surface area contributed by atoms with Crippen molar-refractivity contribution in [1.82, 2.24) is 9.78 Å². The van der Waals surface area contributed by atoms with E-state index in [4.69, 9.17) is 18.0 Å². The molecule has 17 heavy (non-hydrogen) atoms. The van der Waals surface area contributed by atoms with Crippen molar-refractivity contribution in [3.8, 4) is 10.6 Å². The molecule has 0 atom stereocenters. The number of thiophene rings is 1. The number of thiocarbonyl (C=S) groups is 1. The highest BCUT2D eigenvalue weighted by molar-refractivity contribution is 7.80. The number of hydrogen-bond acceptors (Lipinski definition) is 4. The van der Waals surface area contributed by atoms with Gasteiger partial charge >= 0.3 is 0 Å². The van der Waals surface area contributed by atoms with Crippen LogP contribution in [0.3, 0.4) is 0 Å². The van der Waals surface area contributed by atoms with Crippen molar-refractivity contribution in [2.24, 2.45) is 5.73 Å². The molecule has 0 aromatic carbocycles. The van der Waals surface area contributed by atoms with Crippen LogP contribution in [0, 0.1) is 0 Å². The molecule has 0 aliphatic carbocycles. The molecule has 2 aromatic rings. The molecule has 0 fully saturated rings. The van der Waals surface area contributed by atoms with E-state index < -0.39 is 0 Å². The van der Waals surface area contributed by atoms with Crippen LogP contribution in [0.4, 0.5) is 0 Å². The van der Waals surface area contributed by atoms with Crippen LogP contribution in [0.15, 0.2) is 28.4 Å². The highest BCUT2D eigenvalue weighted by Gasteiger charge is 2.11. The van der Waals surface area contributed by atoms with Crippen molar-refractivity contribution in [3.63, 3.8) is 0 Å². The molecule has 4 nitrogen and oxygen atoms in total. The van der Waals surface area contributed by atoms with Gasteiger partial charge in [-0.3, -0.25) is 4.79 Å². The molecule has 0 radical (unpaired) electrons. The van der Waals surface area contributed by atoms with Gasteiger partial charge in [0.05, 0.1) is 10.4 Å². The fraction of sp³-hybridized carbons (Fsp3) is 0.182. The lowest BCUT2D eigenvalue weighted by atomic mass is 10.2. The molecule has 2 rings (SSSR count). The average Bonchev–Trinajstić information content (AvgIpc) is 2.82. The second-order valence-corrected chi connectivity index (χ2v) is 4.79. The lowest BCUT2D eigenvalue weighted by Crippen LogP contribution is -2.30. The Hall–Kier alpha value is -1.53. The standard InChI is InChI=1S/C11H11N3OS2/c1-2-14-11(15)7(10(12)16)6-8(13-14)9-4-3-5-17-9/h3-6H,2H2,1H3,(H2,12,16). The monoisotopic (exact) mass is 265 g/mol. The quantitative estimate of drug-likeness (QED) is 0.857. The molecule has 0 bridgehead atoms. The van der Waals surface area contributed by atoms with E-state index in [-0.39, 0.29) is 10.5 Å². The summed E-state index contributed by atoms with van der Waals surface area (Å²) in [5.41, 5.74) is 6.39. The molecule has 0 saturated carbocycles. The molecule has 0 saturated heterocycles. The third-order valence-electron chi connectivity index (χ3n) is 2.31. The molecule has 0 spiro atoms. The summed E-state index contributed by atoms with van der Waals surface area (Å²) in [6.07, 6.45) is 0. The van der Waals surface area contributed by atoms with Crippen molar-refractivity contribution in [1.29, 1.82) is 0 Å². The van der Waals surface area contributed by atoms with Gasteiger partial charge in [-0.05, 0) is 24.4 Å². The summed E-state index contributed by atoms with van der Waals surface area (Å²) in [5, 5.41) is 6.23. The van der Waals surface area contributed by atoms with Gasteiger partial charge in [0.1, 0.15) is 10.7 Å². The fourth-order valence-corrected chi connectivity index (χ4v) is 2.30. The first kappa shape index (κ1) is 11.9. The van der Waals surface area contributed by atoms with Crippen LogP contribution >= 0.6 is 23.6 Å². The second-order valence-electron chi connectivity index (χ2n) is 3.41. The Balaban J connectivity index is 2.67. The summed E-state index contributed by atoms with van der Waals surface area (Å²) in [7, 11) is 0. The first-order valence-corrected chi connectivity index (χ1v) is 6.38. The van der Waals surface area contributed by atoms with Gasteiger partial charge in [0.15, 0.2) is 0 Å². The lowest BCUT2D eigenvalue weighted by Gasteiger charge is -2.06. The highest BCUT2D eigenvalue weighted by Crippen LogP contribution is 2.22. The zero-order chi connectivity index (χ0) is 12.4. The fourth-order valence-electron chi connectivity index (χ4n) is 1.48. The van der Waals surface area contributed by atoms with Gasteiger partial charge in [-0.15, -0.1) is 11.3 Å². The van der Waals surface area contributed by atoms with Gasteiger partial charge in [0, 0.05) is 6.54 Å². The Morgan fingerprint density at radius 2 is 2.41 bits per heavy atom. The highest BCUT2D eigenvalue weighted by atomic mass is 32.1. The predicted octanol–water partition coefficient (Wildman–Crippen LogP) is 1.63. The molecule has 0 amide bonds. The van der Waals surface area contributed by atoms with Crippen LogP contribution < -0.4 is 11.3 Å². The number of aryl methyl sites for hydroxylation is 1. The summed E-state index contributed by atoms with van der Waals surface area (Å²) < 4.78 is 1.38. The van der Waals surface area contributed by atoms with Crippen LogP contribution in [0.25, 0.3) is 10.6 Å². The van der Waals surface area contributed by atoms with Gasteiger partial charge in [-0.2, -0.15) is 5.10 Å². The summed E-state index contributed by atoms with van der Waals surface area (Å²) in [6, 6.07) is 5.53. The Labute approximate surface area is 108 Å². The van der Waals surface area contributed by atoms with Crippen molar-refractivity contribution >= 4 is 28.5 Å². The van der Waals surface area contributed by atoms with Gasteiger partial charge < -0.3 is 5.73 Å². The molecule has 2 heterocycles. The Morgan fingerprint density at radius 1 is 1.65 bits per heavy atom. The molecule has 88 valence electrons. The Morgan fingerprint density at radius 3 is 2.94 bits per heavy atom. The van der Waals surface area contributed by atoms with E-state index in [9.17, 15) is 4.79 Å². The molecule has 0 aliphatic heterocycles. The molecule has 6 heteroatoms. The number of aromatic nitrogens is 2. The molecule has 2 N–H and O–H groups in total. The molecule has 0 unspecified atom stereocenters. The van der Waals surface area contributed by atoms with E-state index >= 15 is 0 Å². The van der Waals surface area contributed by atoms with Gasteiger partial charge in [0.25, 0.3) is 5.56 Å². The maximum absolute atomic E-state index is 11.9. The topological polar surface area (TPSA) is 60.9 Å². The first-order chi connectivity index (χ1) is 8.13. The first-order valence-electron chi connectivity index (χ1n) is 5.09. The van der Waals surface area contributed by atoms with Crippen LogP contribution in [0.5, 0.6) is 0 Å². The van der Waals surface area contributed by atoms with Crippen LogP contribution in [-0.2, 0) is 6.54 Å². The van der Waals surface area contributed by atoms with Crippen molar-refractivity contribution in [2.45, 2.75) is 13.5 Å². The molecular formula is C11H11N3OS2. The van der Waals surface area contributed by atoms with Crippen LogP contribution in [0.1, 0.15) is 12.5 Å².